The summed E-state index contributed by atoms with van der Waals surface area (Å²) in [7, 11) is 0. The lowest BCUT2D eigenvalue weighted by Gasteiger charge is -2.37. The average molecular weight is 433 g/mol. The van der Waals surface area contributed by atoms with Gasteiger partial charge in [-0.05, 0) is 19.4 Å². The molecular weight excluding hydrogens is 407 g/mol. The number of Topliss-reactive ketones (excluding diaryl/α,β-unsaturated/α-hetero) is 1. The SMILES string of the molecule is Cc1ccc(CN2CCN([C@@H]3CN(c4cc(C(F)(F)F)nc(C)n4)CC3=O)CC2)cc1. The number of anilines is 1. The molecule has 3 heterocycles. The summed E-state index contributed by atoms with van der Waals surface area (Å²) in [5, 5.41) is 0. The van der Waals surface area contributed by atoms with E-state index in [1.807, 2.05) is 0 Å². The average Bonchev–Trinajstić information content (AvgIpc) is 3.11. The molecule has 0 radical (unpaired) electrons. The Kier molecular flexibility index (Phi) is 5.98. The van der Waals surface area contributed by atoms with E-state index in [2.05, 4.69) is 51.0 Å². The molecule has 1 aromatic heterocycles. The number of carbonyl (C=O) groups is 1. The van der Waals surface area contributed by atoms with Crippen molar-refractivity contribution in [3.63, 3.8) is 0 Å². The molecule has 0 amide bonds. The van der Waals surface area contributed by atoms with E-state index in [-0.39, 0.29) is 30.0 Å². The summed E-state index contributed by atoms with van der Waals surface area (Å²) in [6.45, 7) is 8.01. The molecule has 0 saturated carbocycles. The highest BCUT2D eigenvalue weighted by Crippen LogP contribution is 2.30. The van der Waals surface area contributed by atoms with Gasteiger partial charge in [-0.1, -0.05) is 29.8 Å². The maximum Gasteiger partial charge on any atom is 0.433 e. The number of piperazine rings is 1. The predicted octanol–water partition coefficient (Wildman–Crippen LogP) is 2.69. The first kappa shape index (κ1) is 21.7. The lowest BCUT2D eigenvalue weighted by atomic mass is 10.1. The molecule has 6 nitrogen and oxygen atoms in total. The molecule has 2 aliphatic rings. The minimum Gasteiger partial charge on any atom is -0.347 e. The fourth-order valence-electron chi connectivity index (χ4n) is 4.21. The molecule has 31 heavy (non-hydrogen) atoms. The van der Waals surface area contributed by atoms with Crippen molar-refractivity contribution in [3.8, 4) is 0 Å². The minimum absolute atomic E-state index is 0.0248. The van der Waals surface area contributed by atoms with Gasteiger partial charge in [0.1, 0.15) is 17.3 Å². The van der Waals surface area contributed by atoms with Crippen LogP contribution in [0.25, 0.3) is 0 Å². The second-order valence-corrected chi connectivity index (χ2v) is 8.32. The number of nitrogens with zero attached hydrogens (tertiary/aromatic N) is 5. The van der Waals surface area contributed by atoms with Crippen molar-refractivity contribution < 1.29 is 18.0 Å². The highest BCUT2D eigenvalue weighted by Gasteiger charge is 2.39. The molecule has 2 aliphatic heterocycles. The Morgan fingerprint density at radius 1 is 1.03 bits per heavy atom. The predicted molar refractivity (Wildman–Crippen MR) is 111 cm³/mol. The summed E-state index contributed by atoms with van der Waals surface area (Å²) in [5.74, 6) is 0.232. The molecule has 9 heteroatoms. The summed E-state index contributed by atoms with van der Waals surface area (Å²) < 4.78 is 39.3. The van der Waals surface area contributed by atoms with Crippen molar-refractivity contribution >= 4 is 11.6 Å². The van der Waals surface area contributed by atoms with Crippen LogP contribution in [0.2, 0.25) is 0 Å². The van der Waals surface area contributed by atoms with Crippen molar-refractivity contribution in [1.29, 1.82) is 0 Å². The number of hydrogen-bond donors (Lipinski definition) is 0. The summed E-state index contributed by atoms with van der Waals surface area (Å²) in [5.41, 5.74) is 1.52. The van der Waals surface area contributed by atoms with Crippen molar-refractivity contribution in [1.82, 2.24) is 19.8 Å². The van der Waals surface area contributed by atoms with Crippen molar-refractivity contribution in [2.24, 2.45) is 0 Å². The van der Waals surface area contributed by atoms with Gasteiger partial charge in [-0.3, -0.25) is 14.6 Å². The Morgan fingerprint density at radius 2 is 1.71 bits per heavy atom. The monoisotopic (exact) mass is 433 g/mol. The third-order valence-electron chi connectivity index (χ3n) is 5.92. The molecule has 0 unspecified atom stereocenters. The summed E-state index contributed by atoms with van der Waals surface area (Å²) >= 11 is 0. The van der Waals surface area contributed by atoms with Gasteiger partial charge in [-0.15, -0.1) is 0 Å². The van der Waals surface area contributed by atoms with Crippen LogP contribution < -0.4 is 4.90 Å². The van der Waals surface area contributed by atoms with Crippen LogP contribution in [0.5, 0.6) is 0 Å². The zero-order chi connectivity index (χ0) is 22.2. The number of hydrogen-bond acceptors (Lipinski definition) is 6. The number of aromatic nitrogens is 2. The number of carbonyl (C=O) groups excluding carboxylic acids is 1. The molecule has 0 bridgehead atoms. The largest absolute Gasteiger partial charge is 0.433 e. The summed E-state index contributed by atoms with van der Waals surface area (Å²) in [4.78, 5) is 26.4. The van der Waals surface area contributed by atoms with Crippen LogP contribution >= 0.6 is 0 Å². The van der Waals surface area contributed by atoms with Crippen LogP contribution in [0, 0.1) is 13.8 Å². The molecule has 166 valence electrons. The maximum atomic E-state index is 13.1. The van der Waals surface area contributed by atoms with E-state index < -0.39 is 11.9 Å². The first-order valence-corrected chi connectivity index (χ1v) is 10.4. The van der Waals surface area contributed by atoms with Gasteiger partial charge >= 0.3 is 6.18 Å². The molecule has 0 spiro atoms. The number of ketones is 1. The van der Waals surface area contributed by atoms with Gasteiger partial charge in [-0.2, -0.15) is 13.2 Å². The molecule has 2 aromatic rings. The zero-order valence-electron chi connectivity index (χ0n) is 17.7. The Balaban J connectivity index is 1.37. The molecular formula is C22H26F3N5O. The fraction of sp³-hybridized carbons (Fsp3) is 0.500. The minimum atomic E-state index is -4.54. The highest BCUT2D eigenvalue weighted by atomic mass is 19.4. The standard InChI is InChI=1S/C22H26F3N5O/c1-15-3-5-17(6-4-15)12-28-7-9-29(10-8-28)18-13-30(14-19(18)31)21-11-20(22(23,24)25)26-16(2)27-21/h3-6,11,18H,7-10,12-14H2,1-2H3/t18-/m1/s1. The van der Waals surface area contributed by atoms with Crippen LogP contribution in [0.3, 0.4) is 0 Å². The van der Waals surface area contributed by atoms with Crippen molar-refractivity contribution in [2.45, 2.75) is 32.6 Å². The number of halogens is 3. The van der Waals surface area contributed by atoms with Crippen LogP contribution in [0.15, 0.2) is 30.3 Å². The van der Waals surface area contributed by atoms with E-state index in [9.17, 15) is 18.0 Å². The molecule has 0 aliphatic carbocycles. The van der Waals surface area contributed by atoms with Gasteiger partial charge in [0.15, 0.2) is 5.78 Å². The highest BCUT2D eigenvalue weighted by molar-refractivity contribution is 5.92. The van der Waals surface area contributed by atoms with E-state index in [1.54, 1.807) is 4.90 Å². The van der Waals surface area contributed by atoms with Gasteiger partial charge in [-0.25, -0.2) is 9.97 Å². The van der Waals surface area contributed by atoms with Crippen LogP contribution in [-0.4, -0.2) is 70.9 Å². The number of alkyl halides is 3. The van der Waals surface area contributed by atoms with Gasteiger partial charge in [0, 0.05) is 45.3 Å². The Labute approximate surface area is 179 Å². The van der Waals surface area contributed by atoms with E-state index >= 15 is 0 Å². The number of rotatable bonds is 4. The smallest absolute Gasteiger partial charge is 0.347 e. The van der Waals surface area contributed by atoms with Crippen LogP contribution in [-0.2, 0) is 17.5 Å². The van der Waals surface area contributed by atoms with Gasteiger partial charge < -0.3 is 4.90 Å². The van der Waals surface area contributed by atoms with E-state index in [1.165, 1.54) is 18.1 Å². The number of benzene rings is 1. The molecule has 4 rings (SSSR count). The summed E-state index contributed by atoms with van der Waals surface area (Å²) in [6, 6.07) is 9.11. The van der Waals surface area contributed by atoms with Crippen LogP contribution in [0.4, 0.5) is 19.0 Å². The third kappa shape index (κ3) is 5.04. The Morgan fingerprint density at radius 3 is 2.35 bits per heavy atom. The van der Waals surface area contributed by atoms with E-state index in [4.69, 9.17) is 0 Å². The van der Waals surface area contributed by atoms with E-state index in [0.717, 1.165) is 38.8 Å². The van der Waals surface area contributed by atoms with Crippen molar-refractivity contribution in [3.05, 3.63) is 53.0 Å². The molecule has 2 saturated heterocycles. The van der Waals surface area contributed by atoms with Crippen LogP contribution in [0.1, 0.15) is 22.6 Å². The van der Waals surface area contributed by atoms with Gasteiger partial charge in [0.25, 0.3) is 0 Å². The second-order valence-electron chi connectivity index (χ2n) is 8.32. The lowest BCUT2D eigenvalue weighted by Crippen LogP contribution is -2.52. The summed E-state index contributed by atoms with van der Waals surface area (Å²) in [6.07, 6.45) is -4.54. The number of aryl methyl sites for hydroxylation is 2. The molecule has 1 atom stereocenters. The molecule has 1 aromatic carbocycles. The van der Waals surface area contributed by atoms with Crippen molar-refractivity contribution in [2.75, 3.05) is 44.2 Å². The second kappa shape index (κ2) is 8.55. The molecule has 2 fully saturated rings. The topological polar surface area (TPSA) is 52.6 Å². The lowest BCUT2D eigenvalue weighted by molar-refractivity contribution is -0.141. The van der Waals surface area contributed by atoms with Gasteiger partial charge in [0.2, 0.25) is 0 Å². The zero-order valence-corrected chi connectivity index (χ0v) is 17.7. The quantitative estimate of drug-likeness (QED) is 0.739. The van der Waals surface area contributed by atoms with Gasteiger partial charge in [0.05, 0.1) is 12.6 Å². The maximum absolute atomic E-state index is 13.1. The third-order valence-corrected chi connectivity index (χ3v) is 5.92. The Bertz CT molecular complexity index is 939. The first-order valence-electron chi connectivity index (χ1n) is 10.4. The normalized spacial score (nSPS) is 21.1. The molecule has 0 N–H and O–H groups in total. The van der Waals surface area contributed by atoms with E-state index in [0.29, 0.717) is 6.54 Å². The first-order chi connectivity index (χ1) is 14.7. The Hall–Kier alpha value is -2.52. The fourth-order valence-corrected chi connectivity index (χ4v) is 4.21.